The van der Waals surface area contributed by atoms with Crippen molar-refractivity contribution in [3.63, 3.8) is 0 Å². The van der Waals surface area contributed by atoms with E-state index in [1.54, 1.807) is 0 Å². The van der Waals surface area contributed by atoms with E-state index in [-0.39, 0.29) is 63.3 Å². The summed E-state index contributed by atoms with van der Waals surface area (Å²) in [5, 5.41) is 21.3. The Morgan fingerprint density at radius 1 is 0.660 bits per heavy atom. The number of esters is 2. The van der Waals surface area contributed by atoms with Crippen molar-refractivity contribution >= 4 is 23.5 Å². The number of hydrogen-bond donors (Lipinski definition) is 2. The second-order valence-corrected chi connectivity index (χ2v) is 19.9. The Morgan fingerprint density at radius 2 is 1.17 bits per heavy atom. The molecule has 6 fully saturated rings. The van der Waals surface area contributed by atoms with Gasteiger partial charge in [0.05, 0.1) is 12.2 Å². The molecule has 8 rings (SSSR count). The predicted octanol–water partition coefficient (Wildman–Crippen LogP) is 7.58. The summed E-state index contributed by atoms with van der Waals surface area (Å²) in [5.74, 6) is 4.21. The van der Waals surface area contributed by atoms with Gasteiger partial charge in [-0.3, -0.25) is 19.2 Å². The van der Waals surface area contributed by atoms with Gasteiger partial charge < -0.3 is 19.7 Å². The lowest BCUT2D eigenvalue weighted by Gasteiger charge is -2.62. The summed E-state index contributed by atoms with van der Waals surface area (Å²) in [5.41, 5.74) is 2.14. The summed E-state index contributed by atoms with van der Waals surface area (Å²) in [7, 11) is 0. The number of carbonyl (C=O) groups excluding carboxylic acids is 4. The van der Waals surface area contributed by atoms with Crippen LogP contribution in [0, 0.1) is 74.9 Å². The molecule has 8 nitrogen and oxygen atoms in total. The van der Waals surface area contributed by atoms with Crippen LogP contribution >= 0.6 is 0 Å². The highest BCUT2D eigenvalue weighted by Gasteiger charge is 2.64. The maximum absolute atomic E-state index is 12.3. The molecule has 3 unspecified atom stereocenters. The van der Waals surface area contributed by atoms with Gasteiger partial charge in [-0.1, -0.05) is 45.8 Å². The number of rotatable bonds is 4. The van der Waals surface area contributed by atoms with E-state index >= 15 is 0 Å². The smallest absolute Gasteiger partial charge is 0.302 e. The second kappa shape index (κ2) is 14.0. The summed E-state index contributed by atoms with van der Waals surface area (Å²) < 4.78 is 11.2. The topological polar surface area (TPSA) is 127 Å². The second-order valence-electron chi connectivity index (χ2n) is 19.9. The van der Waals surface area contributed by atoms with Crippen LogP contribution in [0.2, 0.25) is 0 Å². The van der Waals surface area contributed by atoms with Gasteiger partial charge in [-0.05, 0) is 147 Å². The molecule has 0 heterocycles. The molecule has 0 radical (unpaired) electrons. The molecule has 0 bridgehead atoms. The van der Waals surface area contributed by atoms with Gasteiger partial charge in [0.15, 0.2) is 11.6 Å². The third kappa shape index (κ3) is 6.14. The average molecular weight is 735 g/mol. The first-order valence-corrected chi connectivity index (χ1v) is 21.1. The van der Waals surface area contributed by atoms with Crippen LogP contribution in [-0.4, -0.2) is 59.1 Å². The van der Waals surface area contributed by atoms with Gasteiger partial charge in [0.1, 0.15) is 13.2 Å². The quantitative estimate of drug-likeness (QED) is 0.283. The molecule has 0 aromatic rings. The van der Waals surface area contributed by atoms with Gasteiger partial charge in [-0.25, -0.2) is 0 Å². The third-order valence-corrected chi connectivity index (χ3v) is 17.5. The molecule has 294 valence electrons. The van der Waals surface area contributed by atoms with Gasteiger partial charge in [0.2, 0.25) is 0 Å². The summed E-state index contributed by atoms with van der Waals surface area (Å²) in [6.45, 7) is 15.2. The Morgan fingerprint density at radius 3 is 1.75 bits per heavy atom. The fourth-order valence-electron chi connectivity index (χ4n) is 14.8. The van der Waals surface area contributed by atoms with Crippen molar-refractivity contribution in [3.05, 3.63) is 23.3 Å². The molecule has 8 aliphatic carbocycles. The Labute approximate surface area is 317 Å². The minimum Gasteiger partial charge on any atom is -0.465 e. The highest BCUT2D eigenvalue weighted by Crippen LogP contribution is 2.69. The van der Waals surface area contributed by atoms with E-state index in [4.69, 9.17) is 9.47 Å². The molecule has 8 aliphatic rings. The van der Waals surface area contributed by atoms with Crippen LogP contribution in [0.25, 0.3) is 0 Å². The zero-order valence-electron chi connectivity index (χ0n) is 33.5. The number of ether oxygens (including phenoxy) is 2. The number of aliphatic hydroxyl groups excluding tert-OH is 2. The Balaban J connectivity index is 0.000000164. The van der Waals surface area contributed by atoms with Crippen molar-refractivity contribution in [1.82, 2.24) is 0 Å². The van der Waals surface area contributed by atoms with Gasteiger partial charge in [-0.2, -0.15) is 0 Å². The predicted molar refractivity (Wildman–Crippen MR) is 201 cm³/mol. The van der Waals surface area contributed by atoms with Crippen LogP contribution in [0.5, 0.6) is 0 Å². The van der Waals surface area contributed by atoms with E-state index in [0.29, 0.717) is 73.4 Å². The van der Waals surface area contributed by atoms with Crippen LogP contribution in [0.3, 0.4) is 0 Å². The van der Waals surface area contributed by atoms with Gasteiger partial charge in [-0.15, -0.1) is 0 Å². The molecule has 0 spiro atoms. The van der Waals surface area contributed by atoms with Gasteiger partial charge >= 0.3 is 11.9 Å². The minimum atomic E-state index is -0.236. The molecular weight excluding hydrogens is 668 g/mol. The fraction of sp³-hybridized carbons (Fsp3) is 0.822. The zero-order valence-corrected chi connectivity index (χ0v) is 33.5. The van der Waals surface area contributed by atoms with Gasteiger partial charge in [0, 0.05) is 37.5 Å². The fourth-order valence-corrected chi connectivity index (χ4v) is 14.8. The monoisotopic (exact) mass is 734 g/mol. The minimum absolute atomic E-state index is 0.0208. The first-order valence-electron chi connectivity index (χ1n) is 21.1. The SMILES string of the molecule is CC(=O)OC[C@@]12C(=CC(=O)C[C@@H]1C)C[C@@H](C)[C@H]1[C@@H]3CC[C@H](O)[C@@]3(C)CC[C@@H]12.CC(=O)OC[C@]12CCC(=O)C=C1C[C@@H](C)C1C2CC[C@@]2(C)C1CC[C@@H]2O. The molecule has 0 aromatic heterocycles. The number of aliphatic hydroxyl groups is 2. The number of carbonyl (C=O) groups is 4. The number of hydrogen-bond acceptors (Lipinski definition) is 8. The standard InChI is InChI=1S/C23H34O4.C22H32O4/c1-13-9-16-11-17(25)10-14(2)23(16,12-27-15(3)24)19-7-8-22(4)18(21(13)19)5-6-20(22)26;1-13-10-15-11-16(24)6-9-22(15,12-26-14(2)23)18-7-8-21(3)17(20(13)18)4-5-19(21)25/h11,13-14,18-21,26H,5-10,12H2,1-4H3;11,13,17-20,25H,4-10,12H2,1-3H3/t13-,14+,18+,19+,20+,21+,22+,23+;13-,17?,18?,19+,20?,21+,22-/m11/s1. The first-order chi connectivity index (χ1) is 25.0. The number of fused-ring (bicyclic) bond motifs is 10. The maximum Gasteiger partial charge on any atom is 0.302 e. The Hall–Kier alpha value is -2.32. The van der Waals surface area contributed by atoms with E-state index in [9.17, 15) is 29.4 Å². The van der Waals surface area contributed by atoms with E-state index in [1.807, 2.05) is 12.2 Å². The van der Waals surface area contributed by atoms with E-state index in [2.05, 4.69) is 34.6 Å². The van der Waals surface area contributed by atoms with Crippen molar-refractivity contribution in [2.24, 2.45) is 74.9 Å². The molecule has 8 heteroatoms. The zero-order chi connectivity index (χ0) is 38.2. The van der Waals surface area contributed by atoms with Crippen LogP contribution in [0.15, 0.2) is 23.3 Å². The highest BCUT2D eigenvalue weighted by molar-refractivity contribution is 5.92. The van der Waals surface area contributed by atoms with Crippen molar-refractivity contribution < 1.29 is 38.9 Å². The van der Waals surface area contributed by atoms with Gasteiger partial charge in [0.25, 0.3) is 0 Å². The molecule has 0 saturated heterocycles. The average Bonchev–Trinajstić information content (AvgIpc) is 3.57. The van der Waals surface area contributed by atoms with E-state index < -0.39 is 0 Å². The third-order valence-electron chi connectivity index (χ3n) is 17.5. The highest BCUT2D eigenvalue weighted by atomic mass is 16.5. The van der Waals surface area contributed by atoms with Crippen LogP contribution in [0.1, 0.15) is 132 Å². The van der Waals surface area contributed by atoms with E-state index in [0.717, 1.165) is 70.6 Å². The summed E-state index contributed by atoms with van der Waals surface area (Å²) >= 11 is 0. The lowest BCUT2D eigenvalue weighted by molar-refractivity contribution is -0.158. The van der Waals surface area contributed by atoms with Crippen LogP contribution in [-0.2, 0) is 28.7 Å². The maximum atomic E-state index is 12.3. The first kappa shape index (κ1) is 38.9. The van der Waals surface area contributed by atoms with Crippen molar-refractivity contribution in [2.45, 2.75) is 144 Å². The van der Waals surface area contributed by atoms with Crippen molar-refractivity contribution in [3.8, 4) is 0 Å². The largest absolute Gasteiger partial charge is 0.465 e. The number of ketones is 2. The molecule has 0 aromatic carbocycles. The van der Waals surface area contributed by atoms with Crippen LogP contribution in [0.4, 0.5) is 0 Å². The molecule has 6 saturated carbocycles. The summed E-state index contributed by atoms with van der Waals surface area (Å²) in [6, 6.07) is 0. The summed E-state index contributed by atoms with van der Waals surface area (Å²) in [4.78, 5) is 47.7. The van der Waals surface area contributed by atoms with E-state index in [1.165, 1.54) is 25.0 Å². The lowest BCUT2D eigenvalue weighted by atomic mass is 9.43. The van der Waals surface area contributed by atoms with Crippen LogP contribution < -0.4 is 0 Å². The molecule has 53 heavy (non-hydrogen) atoms. The molecule has 0 aliphatic heterocycles. The molecule has 0 amide bonds. The molecular formula is C45H66O8. The van der Waals surface area contributed by atoms with Crippen molar-refractivity contribution in [2.75, 3.05) is 13.2 Å². The molecule has 2 N–H and O–H groups in total. The van der Waals surface area contributed by atoms with Crippen molar-refractivity contribution in [1.29, 1.82) is 0 Å². The Bertz CT molecular complexity index is 1560. The Kier molecular flexibility index (Phi) is 10.3. The summed E-state index contributed by atoms with van der Waals surface area (Å²) in [6.07, 6.45) is 15.3. The lowest BCUT2D eigenvalue weighted by Crippen LogP contribution is -2.58. The normalized spacial score (nSPS) is 48.2. The molecule has 15 atom stereocenters.